The van der Waals surface area contributed by atoms with Gasteiger partial charge in [0.25, 0.3) is 0 Å². The number of ether oxygens (including phenoxy) is 1. The molecule has 0 radical (unpaired) electrons. The Labute approximate surface area is 130 Å². The molecule has 1 saturated heterocycles. The summed E-state index contributed by atoms with van der Waals surface area (Å²) in [6.07, 6.45) is 1.19. The number of rotatable bonds is 3. The first kappa shape index (κ1) is 14.5. The number of hydrogen-bond donors (Lipinski definition) is 0. The molecule has 0 amide bonds. The van der Waals surface area contributed by atoms with Gasteiger partial charge in [0, 0.05) is 43.7 Å². The van der Waals surface area contributed by atoms with Crippen LogP contribution in [0.15, 0.2) is 16.6 Å². The minimum Gasteiger partial charge on any atom is -0.379 e. The van der Waals surface area contributed by atoms with Crippen molar-refractivity contribution in [2.75, 3.05) is 45.9 Å². The molecule has 0 unspecified atom stereocenters. The van der Waals surface area contributed by atoms with Crippen LogP contribution in [0.1, 0.15) is 16.7 Å². The Bertz CT molecular complexity index is 472. The van der Waals surface area contributed by atoms with Gasteiger partial charge in [0.15, 0.2) is 0 Å². The van der Waals surface area contributed by atoms with Gasteiger partial charge < -0.3 is 4.74 Å². The lowest BCUT2D eigenvalue weighted by molar-refractivity contribution is 0.0326. The Morgan fingerprint density at radius 3 is 2.65 bits per heavy atom. The van der Waals surface area contributed by atoms with Crippen LogP contribution in [0.2, 0.25) is 0 Å². The van der Waals surface area contributed by atoms with Crippen molar-refractivity contribution >= 4 is 15.9 Å². The van der Waals surface area contributed by atoms with Gasteiger partial charge in [-0.15, -0.1) is 0 Å². The molecule has 0 atom stereocenters. The van der Waals surface area contributed by atoms with E-state index >= 15 is 0 Å². The smallest absolute Gasteiger partial charge is 0.0594 e. The third-order valence-corrected chi connectivity index (χ3v) is 4.90. The molecule has 0 aliphatic carbocycles. The van der Waals surface area contributed by atoms with E-state index in [4.69, 9.17) is 4.74 Å². The van der Waals surface area contributed by atoms with Crippen LogP contribution in [-0.4, -0.2) is 55.7 Å². The SMILES string of the molecule is Cc1cc(Br)cc2c1CCN(CCN1CCOCC1)C2. The first-order chi connectivity index (χ1) is 9.72. The van der Waals surface area contributed by atoms with E-state index in [-0.39, 0.29) is 0 Å². The molecular weight excluding hydrogens is 316 g/mol. The average Bonchev–Trinajstić information content (AvgIpc) is 2.45. The Hall–Kier alpha value is -0.420. The van der Waals surface area contributed by atoms with E-state index in [1.54, 1.807) is 5.56 Å². The maximum absolute atomic E-state index is 5.40. The number of nitrogens with zero attached hydrogens (tertiary/aromatic N) is 2. The van der Waals surface area contributed by atoms with Crippen molar-refractivity contribution in [3.8, 4) is 0 Å². The summed E-state index contributed by atoms with van der Waals surface area (Å²) in [6, 6.07) is 4.53. The van der Waals surface area contributed by atoms with E-state index in [1.807, 2.05) is 0 Å². The van der Waals surface area contributed by atoms with Crippen LogP contribution in [-0.2, 0) is 17.7 Å². The van der Waals surface area contributed by atoms with E-state index in [9.17, 15) is 0 Å². The van der Waals surface area contributed by atoms with Gasteiger partial charge >= 0.3 is 0 Å². The summed E-state index contributed by atoms with van der Waals surface area (Å²) < 4.78 is 6.62. The zero-order chi connectivity index (χ0) is 13.9. The quantitative estimate of drug-likeness (QED) is 0.841. The van der Waals surface area contributed by atoms with Gasteiger partial charge in [-0.1, -0.05) is 15.9 Å². The standard InChI is InChI=1S/C16H23BrN2O/c1-13-10-15(17)11-14-12-19(3-2-16(13)14)5-4-18-6-8-20-9-7-18/h10-11H,2-9,12H2,1H3. The lowest BCUT2D eigenvalue weighted by atomic mass is 9.95. The molecular formula is C16H23BrN2O. The molecule has 1 aromatic carbocycles. The van der Waals surface area contributed by atoms with E-state index in [1.165, 1.54) is 41.7 Å². The van der Waals surface area contributed by atoms with Crippen molar-refractivity contribution in [1.82, 2.24) is 9.80 Å². The summed E-state index contributed by atoms with van der Waals surface area (Å²) in [5.74, 6) is 0. The summed E-state index contributed by atoms with van der Waals surface area (Å²) in [4.78, 5) is 5.11. The second-order valence-electron chi connectivity index (χ2n) is 5.84. The maximum Gasteiger partial charge on any atom is 0.0594 e. The van der Waals surface area contributed by atoms with Crippen molar-refractivity contribution in [2.24, 2.45) is 0 Å². The molecule has 20 heavy (non-hydrogen) atoms. The van der Waals surface area contributed by atoms with Crippen molar-refractivity contribution < 1.29 is 4.74 Å². The second-order valence-corrected chi connectivity index (χ2v) is 6.76. The molecule has 4 heteroatoms. The summed E-state index contributed by atoms with van der Waals surface area (Å²) in [5.41, 5.74) is 4.50. The third kappa shape index (κ3) is 3.42. The van der Waals surface area contributed by atoms with Crippen LogP contribution in [0.25, 0.3) is 0 Å². The molecule has 3 rings (SSSR count). The Balaban J connectivity index is 1.58. The highest BCUT2D eigenvalue weighted by atomic mass is 79.9. The molecule has 0 saturated carbocycles. The maximum atomic E-state index is 5.40. The van der Waals surface area contributed by atoms with Gasteiger partial charge in [-0.25, -0.2) is 0 Å². The number of morpholine rings is 1. The van der Waals surface area contributed by atoms with Gasteiger partial charge in [0.05, 0.1) is 13.2 Å². The van der Waals surface area contributed by atoms with Gasteiger partial charge in [-0.05, 0) is 42.2 Å². The Morgan fingerprint density at radius 2 is 1.85 bits per heavy atom. The van der Waals surface area contributed by atoms with Crippen LogP contribution in [0, 0.1) is 6.92 Å². The van der Waals surface area contributed by atoms with Crippen molar-refractivity contribution in [1.29, 1.82) is 0 Å². The number of halogens is 1. The summed E-state index contributed by atoms with van der Waals surface area (Å²) in [5, 5.41) is 0. The Kier molecular flexibility index (Phi) is 4.76. The monoisotopic (exact) mass is 338 g/mol. The zero-order valence-corrected chi connectivity index (χ0v) is 13.8. The van der Waals surface area contributed by atoms with Crippen molar-refractivity contribution in [2.45, 2.75) is 19.9 Å². The number of hydrogen-bond acceptors (Lipinski definition) is 3. The minimum atomic E-state index is 0.898. The van der Waals surface area contributed by atoms with Crippen LogP contribution in [0.3, 0.4) is 0 Å². The van der Waals surface area contributed by atoms with Crippen LogP contribution < -0.4 is 0 Å². The molecule has 2 aliphatic heterocycles. The first-order valence-corrected chi connectivity index (χ1v) is 8.32. The largest absolute Gasteiger partial charge is 0.379 e. The van der Waals surface area contributed by atoms with Crippen molar-refractivity contribution in [3.05, 3.63) is 33.3 Å². The van der Waals surface area contributed by atoms with E-state index in [0.29, 0.717) is 0 Å². The third-order valence-electron chi connectivity index (χ3n) is 4.44. The summed E-state index contributed by atoms with van der Waals surface area (Å²) >= 11 is 3.62. The molecule has 0 N–H and O–H groups in total. The molecule has 110 valence electrons. The first-order valence-electron chi connectivity index (χ1n) is 7.53. The second kappa shape index (κ2) is 6.56. The summed E-state index contributed by atoms with van der Waals surface area (Å²) in [7, 11) is 0. The minimum absolute atomic E-state index is 0.898. The van der Waals surface area contributed by atoms with Crippen LogP contribution >= 0.6 is 15.9 Å². The number of benzene rings is 1. The Morgan fingerprint density at radius 1 is 1.10 bits per heavy atom. The molecule has 1 aromatic rings. The topological polar surface area (TPSA) is 15.7 Å². The fourth-order valence-electron chi connectivity index (χ4n) is 3.23. The fraction of sp³-hybridized carbons (Fsp3) is 0.625. The average molecular weight is 339 g/mol. The highest BCUT2D eigenvalue weighted by Gasteiger charge is 2.19. The molecule has 3 nitrogen and oxygen atoms in total. The van der Waals surface area contributed by atoms with E-state index < -0.39 is 0 Å². The van der Waals surface area contributed by atoms with E-state index in [0.717, 1.165) is 32.8 Å². The van der Waals surface area contributed by atoms with Gasteiger partial charge in [0.1, 0.15) is 0 Å². The molecule has 2 aliphatic rings. The lowest BCUT2D eigenvalue weighted by Gasteiger charge is -2.33. The van der Waals surface area contributed by atoms with Crippen LogP contribution in [0.4, 0.5) is 0 Å². The summed E-state index contributed by atoms with van der Waals surface area (Å²) in [6.45, 7) is 10.8. The van der Waals surface area contributed by atoms with Gasteiger partial charge in [-0.2, -0.15) is 0 Å². The number of fused-ring (bicyclic) bond motifs is 1. The highest BCUT2D eigenvalue weighted by Crippen LogP contribution is 2.26. The van der Waals surface area contributed by atoms with Crippen LogP contribution in [0.5, 0.6) is 0 Å². The fourth-order valence-corrected chi connectivity index (χ4v) is 3.85. The lowest BCUT2D eigenvalue weighted by Crippen LogP contribution is -2.42. The molecule has 0 aromatic heterocycles. The molecule has 2 heterocycles. The van der Waals surface area contributed by atoms with Gasteiger partial charge in [0.2, 0.25) is 0 Å². The molecule has 0 bridgehead atoms. The zero-order valence-electron chi connectivity index (χ0n) is 12.2. The van der Waals surface area contributed by atoms with Crippen molar-refractivity contribution in [3.63, 3.8) is 0 Å². The molecule has 1 fully saturated rings. The number of aryl methyl sites for hydroxylation is 1. The van der Waals surface area contributed by atoms with Gasteiger partial charge in [-0.3, -0.25) is 9.80 Å². The predicted molar refractivity (Wildman–Crippen MR) is 85.1 cm³/mol. The van der Waals surface area contributed by atoms with E-state index in [2.05, 4.69) is 44.8 Å². The predicted octanol–water partition coefficient (Wildman–Crippen LogP) is 2.45. The normalized spacial score (nSPS) is 20.9. The molecule has 0 spiro atoms. The highest BCUT2D eigenvalue weighted by molar-refractivity contribution is 9.10.